The largest absolute Gasteiger partial charge is 0.387 e. The molecule has 1 unspecified atom stereocenters. The number of nitrogens with zero attached hydrogens (tertiary/aromatic N) is 1. The SMILES string of the molecule is OC(CN1CCC(O)(c2ccccc2F)CC1)c1ccc2ccccc2c1. The fourth-order valence-corrected chi connectivity index (χ4v) is 3.98. The van der Waals surface area contributed by atoms with Gasteiger partial charge in [0.25, 0.3) is 0 Å². The number of likely N-dealkylation sites (tertiary alicyclic amines) is 1. The van der Waals surface area contributed by atoms with Gasteiger partial charge in [-0.15, -0.1) is 0 Å². The van der Waals surface area contributed by atoms with Gasteiger partial charge in [0, 0.05) is 25.2 Å². The smallest absolute Gasteiger partial charge is 0.129 e. The van der Waals surface area contributed by atoms with Gasteiger partial charge < -0.3 is 15.1 Å². The van der Waals surface area contributed by atoms with Crippen molar-refractivity contribution in [3.63, 3.8) is 0 Å². The Morgan fingerprint density at radius 2 is 1.59 bits per heavy atom. The van der Waals surface area contributed by atoms with Crippen LogP contribution < -0.4 is 0 Å². The maximum atomic E-state index is 14.1. The summed E-state index contributed by atoms with van der Waals surface area (Å²) in [4.78, 5) is 2.13. The van der Waals surface area contributed by atoms with E-state index in [0.717, 1.165) is 16.3 Å². The Morgan fingerprint density at radius 1 is 0.926 bits per heavy atom. The number of halogens is 1. The number of hydrogen-bond acceptors (Lipinski definition) is 3. The van der Waals surface area contributed by atoms with E-state index in [1.165, 1.54) is 6.07 Å². The minimum atomic E-state index is -1.13. The van der Waals surface area contributed by atoms with Crippen LogP contribution in [0, 0.1) is 5.82 Å². The fraction of sp³-hybridized carbons (Fsp3) is 0.304. The van der Waals surface area contributed by atoms with E-state index < -0.39 is 11.7 Å². The van der Waals surface area contributed by atoms with Gasteiger partial charge in [-0.2, -0.15) is 0 Å². The van der Waals surface area contributed by atoms with Gasteiger partial charge in [-0.05, 0) is 41.3 Å². The second kappa shape index (κ2) is 7.39. The van der Waals surface area contributed by atoms with Crippen LogP contribution in [-0.4, -0.2) is 34.7 Å². The van der Waals surface area contributed by atoms with E-state index in [2.05, 4.69) is 11.0 Å². The van der Waals surface area contributed by atoms with E-state index in [9.17, 15) is 14.6 Å². The highest BCUT2D eigenvalue weighted by Gasteiger charge is 2.36. The Labute approximate surface area is 158 Å². The molecule has 4 heteroatoms. The highest BCUT2D eigenvalue weighted by Crippen LogP contribution is 2.34. The summed E-state index contributed by atoms with van der Waals surface area (Å²) in [7, 11) is 0. The van der Waals surface area contributed by atoms with Crippen molar-refractivity contribution in [3.8, 4) is 0 Å². The third-order valence-corrected chi connectivity index (χ3v) is 5.65. The van der Waals surface area contributed by atoms with Crippen molar-refractivity contribution in [1.29, 1.82) is 0 Å². The van der Waals surface area contributed by atoms with E-state index in [1.807, 2.05) is 36.4 Å². The topological polar surface area (TPSA) is 43.7 Å². The predicted octanol–water partition coefficient (Wildman–Crippen LogP) is 4.00. The first-order valence-electron chi connectivity index (χ1n) is 9.42. The molecule has 3 nitrogen and oxygen atoms in total. The molecule has 1 heterocycles. The number of hydrogen-bond donors (Lipinski definition) is 2. The van der Waals surface area contributed by atoms with Crippen LogP contribution in [0.3, 0.4) is 0 Å². The van der Waals surface area contributed by atoms with Crippen LogP contribution in [0.2, 0.25) is 0 Å². The van der Waals surface area contributed by atoms with Gasteiger partial charge in [0.15, 0.2) is 0 Å². The number of aliphatic hydroxyl groups excluding tert-OH is 1. The van der Waals surface area contributed by atoms with Crippen molar-refractivity contribution in [2.75, 3.05) is 19.6 Å². The second-order valence-electron chi connectivity index (χ2n) is 7.43. The molecule has 0 bridgehead atoms. The molecule has 3 aromatic carbocycles. The molecule has 1 fully saturated rings. The lowest BCUT2D eigenvalue weighted by Gasteiger charge is -2.39. The molecule has 2 N–H and O–H groups in total. The summed E-state index contributed by atoms with van der Waals surface area (Å²) in [5.74, 6) is -0.357. The molecule has 0 aromatic heterocycles. The number of aliphatic hydroxyl groups is 2. The molecule has 3 aromatic rings. The van der Waals surface area contributed by atoms with E-state index in [1.54, 1.807) is 18.2 Å². The van der Waals surface area contributed by atoms with E-state index in [0.29, 0.717) is 38.0 Å². The average molecular weight is 365 g/mol. The van der Waals surface area contributed by atoms with Gasteiger partial charge in [-0.3, -0.25) is 0 Å². The van der Waals surface area contributed by atoms with Crippen LogP contribution in [0.5, 0.6) is 0 Å². The number of β-amino-alcohol motifs (C(OH)–C–C–N with tert-alkyl or cyclic N) is 1. The monoisotopic (exact) mass is 365 g/mol. The molecule has 1 saturated heterocycles. The average Bonchev–Trinajstić information content (AvgIpc) is 2.69. The Morgan fingerprint density at radius 3 is 2.33 bits per heavy atom. The van der Waals surface area contributed by atoms with E-state index in [-0.39, 0.29) is 5.82 Å². The van der Waals surface area contributed by atoms with Crippen molar-refractivity contribution in [2.24, 2.45) is 0 Å². The summed E-state index contributed by atoms with van der Waals surface area (Å²) >= 11 is 0. The zero-order chi connectivity index (χ0) is 18.9. The molecule has 1 aliphatic heterocycles. The van der Waals surface area contributed by atoms with Crippen molar-refractivity contribution < 1.29 is 14.6 Å². The summed E-state index contributed by atoms with van der Waals surface area (Å²) in [5, 5.41) is 23.8. The third-order valence-electron chi connectivity index (χ3n) is 5.65. The summed E-state index contributed by atoms with van der Waals surface area (Å²) in [6, 6.07) is 20.6. The molecule has 4 rings (SSSR count). The molecular weight excluding hydrogens is 341 g/mol. The summed E-state index contributed by atoms with van der Waals surface area (Å²) < 4.78 is 14.1. The van der Waals surface area contributed by atoms with Crippen molar-refractivity contribution in [1.82, 2.24) is 4.90 Å². The summed E-state index contributed by atoms with van der Waals surface area (Å²) in [5.41, 5.74) is 0.138. The van der Waals surface area contributed by atoms with Gasteiger partial charge >= 0.3 is 0 Å². The van der Waals surface area contributed by atoms with Crippen LogP contribution in [0.4, 0.5) is 4.39 Å². The van der Waals surface area contributed by atoms with Crippen LogP contribution in [-0.2, 0) is 5.60 Å². The molecule has 1 atom stereocenters. The molecular formula is C23H24FNO2. The second-order valence-corrected chi connectivity index (χ2v) is 7.43. The first-order valence-corrected chi connectivity index (χ1v) is 9.42. The minimum absolute atomic E-state index is 0.357. The van der Waals surface area contributed by atoms with Gasteiger partial charge in [0.1, 0.15) is 5.82 Å². The number of benzene rings is 3. The lowest BCUT2D eigenvalue weighted by Crippen LogP contribution is -2.44. The molecule has 0 saturated carbocycles. The molecule has 0 aliphatic carbocycles. The van der Waals surface area contributed by atoms with Crippen LogP contribution >= 0.6 is 0 Å². The van der Waals surface area contributed by atoms with Gasteiger partial charge in [-0.1, -0.05) is 54.6 Å². The zero-order valence-corrected chi connectivity index (χ0v) is 15.2. The third kappa shape index (κ3) is 3.74. The highest BCUT2D eigenvalue weighted by molar-refractivity contribution is 5.83. The van der Waals surface area contributed by atoms with Crippen LogP contribution in [0.1, 0.15) is 30.1 Å². The van der Waals surface area contributed by atoms with Crippen LogP contribution in [0.25, 0.3) is 10.8 Å². The standard InChI is InChI=1S/C23H24FNO2/c24-21-8-4-3-7-20(21)23(27)11-13-25(14-12-23)16-22(26)19-10-9-17-5-1-2-6-18(17)15-19/h1-10,15,22,26-27H,11-14,16H2. The molecule has 140 valence electrons. The molecule has 0 spiro atoms. The van der Waals surface area contributed by atoms with E-state index in [4.69, 9.17) is 0 Å². The van der Waals surface area contributed by atoms with Gasteiger partial charge in [0.05, 0.1) is 11.7 Å². The first-order chi connectivity index (χ1) is 13.0. The summed E-state index contributed by atoms with van der Waals surface area (Å²) in [6.45, 7) is 1.75. The number of piperidine rings is 1. The Balaban J connectivity index is 1.41. The molecule has 0 radical (unpaired) electrons. The summed E-state index contributed by atoms with van der Waals surface area (Å²) in [6.07, 6.45) is 0.325. The molecule has 27 heavy (non-hydrogen) atoms. The van der Waals surface area contributed by atoms with Gasteiger partial charge in [-0.25, -0.2) is 4.39 Å². The Hall–Kier alpha value is -2.27. The van der Waals surface area contributed by atoms with Crippen molar-refractivity contribution >= 4 is 10.8 Å². The van der Waals surface area contributed by atoms with Crippen molar-refractivity contribution in [3.05, 3.63) is 83.7 Å². The zero-order valence-electron chi connectivity index (χ0n) is 15.2. The number of rotatable bonds is 4. The maximum Gasteiger partial charge on any atom is 0.129 e. The Kier molecular flexibility index (Phi) is 4.96. The van der Waals surface area contributed by atoms with Crippen LogP contribution in [0.15, 0.2) is 66.7 Å². The lowest BCUT2D eigenvalue weighted by atomic mass is 9.84. The normalized spacial score (nSPS) is 18.5. The minimum Gasteiger partial charge on any atom is -0.387 e. The number of fused-ring (bicyclic) bond motifs is 1. The quantitative estimate of drug-likeness (QED) is 0.735. The highest BCUT2D eigenvalue weighted by atomic mass is 19.1. The van der Waals surface area contributed by atoms with E-state index >= 15 is 0 Å². The predicted molar refractivity (Wildman–Crippen MR) is 105 cm³/mol. The van der Waals surface area contributed by atoms with Gasteiger partial charge in [0.2, 0.25) is 0 Å². The maximum absolute atomic E-state index is 14.1. The Bertz CT molecular complexity index is 934. The molecule has 0 amide bonds. The lowest BCUT2D eigenvalue weighted by molar-refractivity contribution is -0.0367. The first kappa shape index (κ1) is 18.1. The van der Waals surface area contributed by atoms with Crippen molar-refractivity contribution in [2.45, 2.75) is 24.5 Å². The molecule has 1 aliphatic rings. The fourth-order valence-electron chi connectivity index (χ4n) is 3.98.